The maximum Gasteiger partial charge on any atom is 0.262 e. The van der Waals surface area contributed by atoms with Crippen LogP contribution in [0, 0.1) is 6.92 Å². The molecule has 5 heteroatoms. The molecule has 2 aromatic rings. The summed E-state index contributed by atoms with van der Waals surface area (Å²) in [5, 5.41) is 2.85. The van der Waals surface area contributed by atoms with Crippen LogP contribution in [-0.4, -0.2) is 12.5 Å². The number of anilines is 2. The molecule has 0 bridgehead atoms. The lowest BCUT2D eigenvalue weighted by Crippen LogP contribution is -2.21. The Morgan fingerprint density at radius 1 is 1.21 bits per heavy atom. The Hall–Kier alpha value is -2.01. The SMILES string of the molecule is Cc1cc(N)cc(Br)c1NC(=O)COc1ccc(C(C)(C)C)cc1. The summed E-state index contributed by atoms with van der Waals surface area (Å²) in [6.45, 7) is 8.31. The van der Waals surface area contributed by atoms with Gasteiger partial charge < -0.3 is 15.8 Å². The fourth-order valence-corrected chi connectivity index (χ4v) is 2.98. The second kappa shape index (κ2) is 7.26. The van der Waals surface area contributed by atoms with Crippen LogP contribution in [0.25, 0.3) is 0 Å². The van der Waals surface area contributed by atoms with Gasteiger partial charge in [0.15, 0.2) is 6.61 Å². The summed E-state index contributed by atoms with van der Waals surface area (Å²) in [7, 11) is 0. The van der Waals surface area contributed by atoms with E-state index < -0.39 is 0 Å². The Kier molecular flexibility index (Phi) is 5.54. The number of amides is 1. The molecule has 0 fully saturated rings. The van der Waals surface area contributed by atoms with Gasteiger partial charge in [0.05, 0.1) is 5.69 Å². The van der Waals surface area contributed by atoms with Gasteiger partial charge in [-0.1, -0.05) is 32.9 Å². The molecule has 0 unspecified atom stereocenters. The molecule has 128 valence electrons. The van der Waals surface area contributed by atoms with E-state index in [2.05, 4.69) is 42.0 Å². The lowest BCUT2D eigenvalue weighted by molar-refractivity contribution is -0.118. The number of nitrogens with one attached hydrogen (secondary N) is 1. The second-order valence-electron chi connectivity index (χ2n) is 6.81. The molecule has 0 aliphatic rings. The van der Waals surface area contributed by atoms with Crippen LogP contribution in [0.2, 0.25) is 0 Å². The minimum Gasteiger partial charge on any atom is -0.484 e. The average Bonchev–Trinajstić information content (AvgIpc) is 2.48. The number of aryl methyl sites for hydroxylation is 1. The van der Waals surface area contributed by atoms with Crippen LogP contribution in [-0.2, 0) is 10.2 Å². The van der Waals surface area contributed by atoms with Gasteiger partial charge >= 0.3 is 0 Å². The van der Waals surface area contributed by atoms with Crippen molar-refractivity contribution in [3.8, 4) is 5.75 Å². The van der Waals surface area contributed by atoms with Gasteiger partial charge in [0.2, 0.25) is 0 Å². The van der Waals surface area contributed by atoms with E-state index in [9.17, 15) is 4.79 Å². The predicted octanol–water partition coefficient (Wildman–Crippen LogP) is 4.65. The highest BCUT2D eigenvalue weighted by molar-refractivity contribution is 9.10. The Morgan fingerprint density at radius 2 is 1.83 bits per heavy atom. The molecule has 0 saturated carbocycles. The third kappa shape index (κ3) is 4.74. The van der Waals surface area contributed by atoms with Crippen molar-refractivity contribution in [1.29, 1.82) is 0 Å². The van der Waals surface area contributed by atoms with E-state index in [-0.39, 0.29) is 17.9 Å². The zero-order valence-electron chi connectivity index (χ0n) is 14.4. The van der Waals surface area contributed by atoms with Gasteiger partial charge in [-0.25, -0.2) is 0 Å². The molecule has 0 saturated heterocycles. The van der Waals surface area contributed by atoms with Crippen molar-refractivity contribution >= 4 is 33.2 Å². The van der Waals surface area contributed by atoms with E-state index in [1.165, 1.54) is 5.56 Å². The van der Waals surface area contributed by atoms with Crippen LogP contribution in [0.1, 0.15) is 31.9 Å². The standard InChI is InChI=1S/C19H23BrN2O2/c1-12-9-14(21)10-16(20)18(12)22-17(23)11-24-15-7-5-13(6-8-15)19(2,3)4/h5-10H,11,21H2,1-4H3,(H,22,23). The number of hydrogen-bond donors (Lipinski definition) is 2. The highest BCUT2D eigenvalue weighted by Crippen LogP contribution is 2.29. The Morgan fingerprint density at radius 3 is 2.38 bits per heavy atom. The van der Waals surface area contributed by atoms with E-state index in [0.717, 1.165) is 10.0 Å². The lowest BCUT2D eigenvalue weighted by Gasteiger charge is -2.19. The van der Waals surface area contributed by atoms with Crippen molar-refractivity contribution < 1.29 is 9.53 Å². The molecule has 0 aliphatic heterocycles. The highest BCUT2D eigenvalue weighted by Gasteiger charge is 2.14. The Bertz CT molecular complexity index is 711. The van der Waals surface area contributed by atoms with Gasteiger partial charge in [0.1, 0.15) is 5.75 Å². The van der Waals surface area contributed by atoms with Gasteiger partial charge in [0, 0.05) is 10.2 Å². The molecule has 3 N–H and O–H groups in total. The lowest BCUT2D eigenvalue weighted by atomic mass is 9.87. The number of benzene rings is 2. The summed E-state index contributed by atoms with van der Waals surface area (Å²) in [4.78, 5) is 12.1. The third-order valence-electron chi connectivity index (χ3n) is 3.66. The molecular formula is C19H23BrN2O2. The van der Waals surface area contributed by atoms with Crippen molar-refractivity contribution in [3.05, 3.63) is 52.0 Å². The first kappa shape index (κ1) is 18.3. The third-order valence-corrected chi connectivity index (χ3v) is 4.29. The van der Waals surface area contributed by atoms with E-state index in [4.69, 9.17) is 10.5 Å². The minimum atomic E-state index is -0.219. The molecule has 2 aromatic carbocycles. The number of carbonyl (C=O) groups is 1. The second-order valence-corrected chi connectivity index (χ2v) is 7.66. The van der Waals surface area contributed by atoms with E-state index in [0.29, 0.717) is 17.1 Å². The van der Waals surface area contributed by atoms with Gasteiger partial charge in [-0.2, -0.15) is 0 Å². The number of rotatable bonds is 4. The zero-order chi connectivity index (χ0) is 17.9. The number of ether oxygens (including phenoxy) is 1. The molecule has 1 amide bonds. The van der Waals surface area contributed by atoms with Gasteiger partial charge in [0.25, 0.3) is 5.91 Å². The molecule has 4 nitrogen and oxygen atoms in total. The number of halogens is 1. The van der Waals surface area contributed by atoms with Crippen molar-refractivity contribution in [3.63, 3.8) is 0 Å². The van der Waals surface area contributed by atoms with Crippen LogP contribution >= 0.6 is 15.9 Å². The van der Waals surface area contributed by atoms with E-state index >= 15 is 0 Å². The molecule has 0 aliphatic carbocycles. The minimum absolute atomic E-state index is 0.0505. The predicted molar refractivity (Wildman–Crippen MR) is 103 cm³/mol. The van der Waals surface area contributed by atoms with Crippen LogP contribution in [0.5, 0.6) is 5.75 Å². The quantitative estimate of drug-likeness (QED) is 0.746. The number of hydrogen-bond acceptors (Lipinski definition) is 3. The summed E-state index contributed by atoms with van der Waals surface area (Å²) in [6, 6.07) is 11.4. The maximum atomic E-state index is 12.1. The average molecular weight is 391 g/mol. The maximum absolute atomic E-state index is 12.1. The number of nitrogen functional groups attached to an aromatic ring is 1. The largest absolute Gasteiger partial charge is 0.484 e. The Labute approximate surface area is 151 Å². The molecule has 24 heavy (non-hydrogen) atoms. The van der Waals surface area contributed by atoms with Gasteiger partial charge in [-0.3, -0.25) is 4.79 Å². The van der Waals surface area contributed by atoms with Crippen molar-refractivity contribution in [1.82, 2.24) is 0 Å². The zero-order valence-corrected chi connectivity index (χ0v) is 16.0. The van der Waals surface area contributed by atoms with E-state index in [1.54, 1.807) is 6.07 Å². The summed E-state index contributed by atoms with van der Waals surface area (Å²) in [5.41, 5.74) is 9.33. The summed E-state index contributed by atoms with van der Waals surface area (Å²) >= 11 is 3.41. The molecule has 0 aromatic heterocycles. The topological polar surface area (TPSA) is 64.3 Å². The first-order valence-electron chi connectivity index (χ1n) is 7.75. The summed E-state index contributed by atoms with van der Waals surface area (Å²) in [6.07, 6.45) is 0. The molecule has 0 heterocycles. The first-order valence-corrected chi connectivity index (χ1v) is 8.55. The van der Waals surface area contributed by atoms with Crippen molar-refractivity contribution in [2.45, 2.75) is 33.1 Å². The fourth-order valence-electron chi connectivity index (χ4n) is 2.30. The molecular weight excluding hydrogens is 368 g/mol. The van der Waals surface area contributed by atoms with Crippen molar-refractivity contribution in [2.24, 2.45) is 0 Å². The Balaban J connectivity index is 1.97. The smallest absolute Gasteiger partial charge is 0.262 e. The van der Waals surface area contributed by atoms with Crippen LogP contribution in [0.4, 0.5) is 11.4 Å². The summed E-state index contributed by atoms with van der Waals surface area (Å²) in [5.74, 6) is 0.453. The van der Waals surface area contributed by atoms with Crippen LogP contribution in [0.3, 0.4) is 0 Å². The molecule has 2 rings (SSSR count). The molecule has 0 atom stereocenters. The van der Waals surface area contributed by atoms with E-state index in [1.807, 2.05) is 37.3 Å². The number of carbonyl (C=O) groups excluding carboxylic acids is 1. The molecule has 0 radical (unpaired) electrons. The van der Waals surface area contributed by atoms with Crippen LogP contribution in [0.15, 0.2) is 40.9 Å². The summed E-state index contributed by atoms with van der Waals surface area (Å²) < 4.78 is 6.31. The fraction of sp³-hybridized carbons (Fsp3) is 0.316. The highest BCUT2D eigenvalue weighted by atomic mass is 79.9. The van der Waals surface area contributed by atoms with Crippen molar-refractivity contribution in [2.75, 3.05) is 17.7 Å². The van der Waals surface area contributed by atoms with Gasteiger partial charge in [-0.05, 0) is 63.7 Å². The number of nitrogens with two attached hydrogens (primary N) is 1. The van der Waals surface area contributed by atoms with Gasteiger partial charge in [-0.15, -0.1) is 0 Å². The van der Waals surface area contributed by atoms with Crippen LogP contribution < -0.4 is 15.8 Å². The first-order chi connectivity index (χ1) is 11.2. The normalized spacial score (nSPS) is 11.2. The monoisotopic (exact) mass is 390 g/mol. The molecule has 0 spiro atoms.